The Labute approximate surface area is 233 Å². The van der Waals surface area contributed by atoms with Gasteiger partial charge in [-0.3, -0.25) is 4.79 Å². The van der Waals surface area contributed by atoms with Crippen LogP contribution in [-0.4, -0.2) is 61.3 Å². The number of nitrogens with zero attached hydrogens (tertiary/aromatic N) is 1. The molecule has 4 rings (SSSR count). The summed E-state index contributed by atoms with van der Waals surface area (Å²) in [6.45, 7) is 4.92. The fraction of sp³-hybridized carbons (Fsp3) is 0.533. The molecule has 0 aromatic heterocycles. The topological polar surface area (TPSA) is 79.9 Å². The number of hydrogen-bond donors (Lipinski definition) is 2. The highest BCUT2D eigenvalue weighted by atomic mass is 19.4. The van der Waals surface area contributed by atoms with Crippen molar-refractivity contribution in [3.63, 3.8) is 0 Å². The molecule has 40 heavy (non-hydrogen) atoms. The summed E-state index contributed by atoms with van der Waals surface area (Å²) < 4.78 is 50.6. The SMILES string of the molecule is CCOC(=O)c1ccc(NC2CCN(C(=O)COC3CCC(Nc4ccc(C)c(C(F)(F)F)c4)CC3)CC2)cc1. The summed E-state index contributed by atoms with van der Waals surface area (Å²) >= 11 is 0. The first-order chi connectivity index (χ1) is 19.1. The van der Waals surface area contributed by atoms with Crippen molar-refractivity contribution < 1.29 is 32.2 Å². The summed E-state index contributed by atoms with van der Waals surface area (Å²) in [7, 11) is 0. The molecule has 0 atom stereocenters. The van der Waals surface area contributed by atoms with Gasteiger partial charge in [0.05, 0.1) is 23.8 Å². The molecule has 2 aliphatic rings. The summed E-state index contributed by atoms with van der Waals surface area (Å²) in [6, 6.07) is 11.9. The molecule has 218 valence electrons. The maximum atomic E-state index is 13.2. The van der Waals surface area contributed by atoms with E-state index < -0.39 is 11.7 Å². The summed E-state index contributed by atoms with van der Waals surface area (Å²) in [5.41, 5.74) is 1.52. The van der Waals surface area contributed by atoms with E-state index in [0.717, 1.165) is 44.2 Å². The standard InChI is InChI=1S/C30H38F3N3O4/c1-3-39-29(38)21-5-8-22(9-6-21)34-24-14-16-36(17-15-24)28(37)19-40-26-12-10-23(11-13-26)35-25-7-4-20(2)27(18-25)30(31,32)33/h4-9,18,23-24,26,34-35H,3,10-17,19H2,1-2H3. The first kappa shape index (κ1) is 29.7. The van der Waals surface area contributed by atoms with Gasteiger partial charge in [-0.15, -0.1) is 0 Å². The Morgan fingerprint density at radius 1 is 0.900 bits per heavy atom. The van der Waals surface area contributed by atoms with Gasteiger partial charge in [0.2, 0.25) is 5.91 Å². The average Bonchev–Trinajstić information content (AvgIpc) is 2.94. The van der Waals surface area contributed by atoms with Crippen molar-refractivity contribution in [2.75, 3.05) is 36.9 Å². The van der Waals surface area contributed by atoms with Crippen molar-refractivity contribution in [2.24, 2.45) is 0 Å². The first-order valence-electron chi connectivity index (χ1n) is 14.0. The van der Waals surface area contributed by atoms with Crippen LogP contribution in [0.25, 0.3) is 0 Å². The average molecular weight is 562 g/mol. The lowest BCUT2D eigenvalue weighted by Gasteiger charge is -2.34. The number of carbonyl (C=O) groups excluding carboxylic acids is 2. The Morgan fingerprint density at radius 3 is 2.12 bits per heavy atom. The number of esters is 1. The molecule has 0 radical (unpaired) electrons. The smallest absolute Gasteiger partial charge is 0.416 e. The maximum Gasteiger partial charge on any atom is 0.416 e. The molecule has 1 amide bonds. The number of nitrogens with one attached hydrogen (secondary N) is 2. The molecule has 0 unspecified atom stereocenters. The zero-order valence-electron chi connectivity index (χ0n) is 23.1. The van der Waals surface area contributed by atoms with E-state index in [1.54, 1.807) is 25.1 Å². The van der Waals surface area contributed by atoms with E-state index in [2.05, 4.69) is 10.6 Å². The van der Waals surface area contributed by atoms with Gasteiger partial charge < -0.3 is 25.0 Å². The Kier molecular flexibility index (Phi) is 9.95. The predicted octanol–water partition coefficient (Wildman–Crippen LogP) is 6.03. The van der Waals surface area contributed by atoms with Gasteiger partial charge in [-0.1, -0.05) is 6.07 Å². The molecule has 7 nitrogen and oxygen atoms in total. The molecule has 2 N–H and O–H groups in total. The summed E-state index contributed by atoms with van der Waals surface area (Å²) in [6.07, 6.45) is 0.285. The number of halogens is 3. The van der Waals surface area contributed by atoms with Gasteiger partial charge in [0.15, 0.2) is 0 Å². The normalized spacial score (nSPS) is 20.2. The highest BCUT2D eigenvalue weighted by molar-refractivity contribution is 5.89. The number of amides is 1. The van der Waals surface area contributed by atoms with Crippen LogP contribution >= 0.6 is 0 Å². The lowest BCUT2D eigenvalue weighted by Crippen LogP contribution is -2.44. The van der Waals surface area contributed by atoms with Gasteiger partial charge in [0.1, 0.15) is 6.61 Å². The second-order valence-electron chi connectivity index (χ2n) is 10.6. The Morgan fingerprint density at radius 2 is 1.50 bits per heavy atom. The minimum atomic E-state index is -4.37. The third-order valence-electron chi connectivity index (χ3n) is 7.64. The van der Waals surface area contributed by atoms with Crippen molar-refractivity contribution in [1.82, 2.24) is 4.90 Å². The molecule has 0 bridgehead atoms. The van der Waals surface area contributed by atoms with E-state index in [0.29, 0.717) is 30.9 Å². The molecule has 1 aliphatic carbocycles. The van der Waals surface area contributed by atoms with Crippen molar-refractivity contribution in [3.05, 3.63) is 59.2 Å². The molecule has 0 spiro atoms. The number of hydrogen-bond acceptors (Lipinski definition) is 6. The molecule has 1 saturated carbocycles. The van der Waals surface area contributed by atoms with Crippen LogP contribution in [0.15, 0.2) is 42.5 Å². The van der Waals surface area contributed by atoms with Crippen LogP contribution in [-0.2, 0) is 20.4 Å². The van der Waals surface area contributed by atoms with Crippen LogP contribution in [0.4, 0.5) is 24.5 Å². The van der Waals surface area contributed by atoms with E-state index in [1.165, 1.54) is 19.1 Å². The number of alkyl halides is 3. The first-order valence-corrected chi connectivity index (χ1v) is 14.0. The lowest BCUT2D eigenvalue weighted by atomic mass is 9.92. The molecule has 10 heteroatoms. The third kappa shape index (κ3) is 8.13. The number of carbonyl (C=O) groups is 2. The van der Waals surface area contributed by atoms with Gasteiger partial charge in [-0.05, 0) is 94.3 Å². The Bertz CT molecular complexity index is 1140. The number of anilines is 2. The monoisotopic (exact) mass is 561 g/mol. The second-order valence-corrected chi connectivity index (χ2v) is 10.6. The van der Waals surface area contributed by atoms with Crippen LogP contribution in [0.2, 0.25) is 0 Å². The van der Waals surface area contributed by atoms with Crippen molar-refractivity contribution in [3.8, 4) is 0 Å². The Hall–Kier alpha value is -3.27. The second kappa shape index (κ2) is 13.4. The molecule has 1 aliphatic heterocycles. The zero-order valence-corrected chi connectivity index (χ0v) is 23.1. The maximum absolute atomic E-state index is 13.2. The van der Waals surface area contributed by atoms with E-state index >= 15 is 0 Å². The van der Waals surface area contributed by atoms with Crippen molar-refractivity contribution >= 4 is 23.3 Å². The van der Waals surface area contributed by atoms with Gasteiger partial charge in [-0.25, -0.2) is 4.79 Å². The van der Waals surface area contributed by atoms with Gasteiger partial charge in [0.25, 0.3) is 0 Å². The summed E-state index contributed by atoms with van der Waals surface area (Å²) in [5.74, 6) is -0.352. The molecular formula is C30H38F3N3O4. The summed E-state index contributed by atoms with van der Waals surface area (Å²) in [5, 5.41) is 6.71. The molecule has 2 aromatic rings. The molecule has 2 fully saturated rings. The minimum absolute atomic E-state index is 0.0168. The molecule has 1 heterocycles. The fourth-order valence-electron chi connectivity index (χ4n) is 5.33. The predicted molar refractivity (Wildman–Crippen MR) is 147 cm³/mol. The highest BCUT2D eigenvalue weighted by Crippen LogP contribution is 2.34. The quantitative estimate of drug-likeness (QED) is 0.364. The van der Waals surface area contributed by atoms with E-state index in [1.807, 2.05) is 17.0 Å². The summed E-state index contributed by atoms with van der Waals surface area (Å²) in [4.78, 5) is 26.4. The van der Waals surface area contributed by atoms with Gasteiger partial charge >= 0.3 is 12.1 Å². The van der Waals surface area contributed by atoms with E-state index in [-0.39, 0.29) is 42.2 Å². The van der Waals surface area contributed by atoms with Crippen LogP contribution in [0.3, 0.4) is 0 Å². The van der Waals surface area contributed by atoms with Gasteiger partial charge in [0, 0.05) is 36.5 Å². The van der Waals surface area contributed by atoms with Crippen LogP contribution in [0.1, 0.15) is 66.9 Å². The number of rotatable bonds is 9. The fourth-order valence-corrected chi connectivity index (χ4v) is 5.33. The largest absolute Gasteiger partial charge is 0.462 e. The number of benzene rings is 2. The van der Waals surface area contributed by atoms with Crippen molar-refractivity contribution in [1.29, 1.82) is 0 Å². The van der Waals surface area contributed by atoms with Crippen molar-refractivity contribution in [2.45, 2.75) is 76.7 Å². The number of ether oxygens (including phenoxy) is 2. The van der Waals surface area contributed by atoms with Gasteiger partial charge in [-0.2, -0.15) is 13.2 Å². The highest BCUT2D eigenvalue weighted by Gasteiger charge is 2.33. The van der Waals surface area contributed by atoms with Crippen LogP contribution in [0.5, 0.6) is 0 Å². The lowest BCUT2D eigenvalue weighted by molar-refractivity contribution is -0.140. The van der Waals surface area contributed by atoms with E-state index in [9.17, 15) is 22.8 Å². The number of likely N-dealkylation sites (tertiary alicyclic amines) is 1. The number of piperidine rings is 1. The van der Waals surface area contributed by atoms with E-state index in [4.69, 9.17) is 9.47 Å². The van der Waals surface area contributed by atoms with Crippen LogP contribution < -0.4 is 10.6 Å². The number of aryl methyl sites for hydroxylation is 1. The Balaban J connectivity index is 1.14. The third-order valence-corrected chi connectivity index (χ3v) is 7.64. The molecule has 1 saturated heterocycles. The minimum Gasteiger partial charge on any atom is -0.462 e. The molecule has 2 aromatic carbocycles. The van der Waals surface area contributed by atoms with Crippen LogP contribution in [0, 0.1) is 6.92 Å². The zero-order chi connectivity index (χ0) is 28.7. The molecular weight excluding hydrogens is 523 g/mol.